The van der Waals surface area contributed by atoms with E-state index in [4.69, 9.17) is 0 Å². The lowest BCUT2D eigenvalue weighted by atomic mass is 10.1. The van der Waals surface area contributed by atoms with Crippen molar-refractivity contribution in [3.8, 4) is 0 Å². The first kappa shape index (κ1) is 10.4. The zero-order valence-electron chi connectivity index (χ0n) is 7.74. The normalized spacial score (nSPS) is 9.57. The van der Waals surface area contributed by atoms with E-state index >= 15 is 0 Å². The molecule has 0 N–H and O–H groups in total. The van der Waals surface area contributed by atoms with Gasteiger partial charge in [0, 0.05) is 12.6 Å². The van der Waals surface area contributed by atoms with E-state index in [1.807, 2.05) is 0 Å². The van der Waals surface area contributed by atoms with Crippen molar-refractivity contribution in [2.24, 2.45) is 0 Å². The van der Waals surface area contributed by atoms with E-state index in [0.29, 0.717) is 6.41 Å². The van der Waals surface area contributed by atoms with E-state index in [2.05, 4.69) is 0 Å². The molecule has 0 atom stereocenters. The minimum atomic E-state index is -0.454. The Balaban J connectivity index is 2.74. The average molecular weight is 195 g/mol. The summed E-state index contributed by atoms with van der Waals surface area (Å²) in [4.78, 5) is 22.8. The number of nitrogens with zero attached hydrogens (tertiary/aromatic N) is 1. The molecule has 0 heterocycles. The van der Waals surface area contributed by atoms with Crippen molar-refractivity contribution in [3.05, 3.63) is 35.6 Å². The first-order valence-electron chi connectivity index (χ1n) is 4.08. The lowest BCUT2D eigenvalue weighted by Gasteiger charge is -2.08. The van der Waals surface area contributed by atoms with Crippen molar-refractivity contribution < 1.29 is 14.0 Å². The zero-order valence-corrected chi connectivity index (χ0v) is 7.74. The first-order chi connectivity index (χ1) is 6.63. The van der Waals surface area contributed by atoms with Gasteiger partial charge in [-0.2, -0.15) is 0 Å². The van der Waals surface area contributed by atoms with Gasteiger partial charge in [0.25, 0.3) is 0 Å². The van der Waals surface area contributed by atoms with Gasteiger partial charge in [0.1, 0.15) is 5.82 Å². The minimum absolute atomic E-state index is 0.0348. The quantitative estimate of drug-likeness (QED) is 0.533. The maximum Gasteiger partial charge on any atom is 0.209 e. The molecule has 1 rings (SSSR count). The monoisotopic (exact) mass is 195 g/mol. The molecular formula is C10H10FNO2. The molecule has 14 heavy (non-hydrogen) atoms. The summed E-state index contributed by atoms with van der Waals surface area (Å²) in [6.07, 6.45) is 0.553. The molecule has 1 amide bonds. The van der Waals surface area contributed by atoms with Crippen molar-refractivity contribution in [1.82, 2.24) is 4.90 Å². The van der Waals surface area contributed by atoms with Crippen LogP contribution in [0.4, 0.5) is 4.39 Å². The molecule has 3 nitrogen and oxygen atoms in total. The number of amides is 1. The fourth-order valence-electron chi connectivity index (χ4n) is 1.02. The Morgan fingerprint density at radius 1 is 1.57 bits per heavy atom. The predicted octanol–water partition coefficient (Wildman–Crippen LogP) is 1.10. The summed E-state index contributed by atoms with van der Waals surface area (Å²) in [7, 11) is 1.49. The van der Waals surface area contributed by atoms with Crippen LogP contribution in [0.3, 0.4) is 0 Å². The average Bonchev–Trinajstić information content (AvgIpc) is 2.17. The number of carbonyl (C=O) groups excluding carboxylic acids is 2. The van der Waals surface area contributed by atoms with Gasteiger partial charge in [-0.3, -0.25) is 9.59 Å². The maximum absolute atomic E-state index is 12.7. The summed E-state index contributed by atoms with van der Waals surface area (Å²) in [5.41, 5.74) is 0.277. The second kappa shape index (κ2) is 4.50. The van der Waals surface area contributed by atoms with Gasteiger partial charge in [0.2, 0.25) is 6.41 Å². The van der Waals surface area contributed by atoms with Crippen LogP contribution in [0.1, 0.15) is 10.4 Å². The van der Waals surface area contributed by atoms with Crippen LogP contribution in [0.25, 0.3) is 0 Å². The van der Waals surface area contributed by atoms with Gasteiger partial charge in [-0.1, -0.05) is 12.1 Å². The van der Waals surface area contributed by atoms with E-state index in [1.54, 1.807) is 0 Å². The third-order valence-corrected chi connectivity index (χ3v) is 1.72. The van der Waals surface area contributed by atoms with Gasteiger partial charge in [0.05, 0.1) is 6.54 Å². The van der Waals surface area contributed by atoms with Crippen LogP contribution in [0.15, 0.2) is 24.3 Å². The van der Waals surface area contributed by atoms with Crippen molar-refractivity contribution in [2.75, 3.05) is 13.6 Å². The van der Waals surface area contributed by atoms with Crippen LogP contribution < -0.4 is 0 Å². The number of hydrogen-bond donors (Lipinski definition) is 0. The molecule has 0 aliphatic rings. The zero-order chi connectivity index (χ0) is 10.6. The highest BCUT2D eigenvalue weighted by atomic mass is 19.1. The SMILES string of the molecule is CN(C=O)CC(=O)c1cccc(F)c1. The Labute approximate surface area is 81.1 Å². The summed E-state index contributed by atoms with van der Waals surface area (Å²) in [6, 6.07) is 5.40. The molecule has 0 bridgehead atoms. The van der Waals surface area contributed by atoms with E-state index in [-0.39, 0.29) is 17.9 Å². The Hall–Kier alpha value is -1.71. The lowest BCUT2D eigenvalue weighted by molar-refractivity contribution is -0.116. The molecule has 0 aliphatic heterocycles. The smallest absolute Gasteiger partial charge is 0.209 e. The maximum atomic E-state index is 12.7. The molecule has 0 saturated carbocycles. The Bertz CT molecular complexity index is 352. The number of Topliss-reactive ketones (excluding diaryl/α,β-unsaturated/α-hetero) is 1. The summed E-state index contributed by atoms with van der Waals surface area (Å²) < 4.78 is 12.7. The van der Waals surface area contributed by atoms with Crippen molar-refractivity contribution in [3.63, 3.8) is 0 Å². The van der Waals surface area contributed by atoms with E-state index < -0.39 is 5.82 Å². The molecule has 0 aliphatic carbocycles. The Kier molecular flexibility index (Phi) is 3.34. The van der Waals surface area contributed by atoms with Crippen molar-refractivity contribution in [2.45, 2.75) is 0 Å². The molecule has 1 aromatic carbocycles. The van der Waals surface area contributed by atoms with E-state index in [9.17, 15) is 14.0 Å². The van der Waals surface area contributed by atoms with Gasteiger partial charge in [-0.15, -0.1) is 0 Å². The highest BCUT2D eigenvalue weighted by Crippen LogP contribution is 2.04. The summed E-state index contributed by atoms with van der Waals surface area (Å²) in [5.74, 6) is -0.733. The summed E-state index contributed by atoms with van der Waals surface area (Å²) >= 11 is 0. The van der Waals surface area contributed by atoms with Crippen LogP contribution in [-0.4, -0.2) is 30.7 Å². The molecule has 0 fully saturated rings. The fourth-order valence-corrected chi connectivity index (χ4v) is 1.02. The molecule has 74 valence electrons. The molecule has 1 aromatic rings. The molecule has 0 spiro atoms. The van der Waals surface area contributed by atoms with Crippen molar-refractivity contribution in [1.29, 1.82) is 0 Å². The minimum Gasteiger partial charge on any atom is -0.341 e. The lowest BCUT2D eigenvalue weighted by Crippen LogP contribution is -2.24. The topological polar surface area (TPSA) is 37.4 Å². The largest absolute Gasteiger partial charge is 0.341 e. The van der Waals surface area contributed by atoms with Gasteiger partial charge in [0.15, 0.2) is 5.78 Å². The number of likely N-dealkylation sites (N-methyl/N-ethyl adjacent to an activating group) is 1. The molecule has 0 radical (unpaired) electrons. The standard InChI is InChI=1S/C10H10FNO2/c1-12(7-13)6-10(14)8-3-2-4-9(11)5-8/h2-5,7H,6H2,1H3. The van der Waals surface area contributed by atoms with E-state index in [0.717, 1.165) is 6.07 Å². The number of rotatable bonds is 4. The van der Waals surface area contributed by atoms with Gasteiger partial charge >= 0.3 is 0 Å². The number of benzene rings is 1. The van der Waals surface area contributed by atoms with E-state index in [1.165, 1.54) is 30.1 Å². The number of carbonyl (C=O) groups is 2. The summed E-state index contributed by atoms with van der Waals surface area (Å²) in [6.45, 7) is -0.0348. The third kappa shape index (κ3) is 2.65. The fraction of sp³-hybridized carbons (Fsp3) is 0.200. The van der Waals surface area contributed by atoms with Crippen LogP contribution in [-0.2, 0) is 4.79 Å². The molecule has 0 aromatic heterocycles. The van der Waals surface area contributed by atoms with Crippen LogP contribution >= 0.6 is 0 Å². The van der Waals surface area contributed by atoms with Crippen LogP contribution in [0.5, 0.6) is 0 Å². The first-order valence-corrected chi connectivity index (χ1v) is 4.08. The van der Waals surface area contributed by atoms with Gasteiger partial charge < -0.3 is 4.90 Å². The molecule has 0 unspecified atom stereocenters. The van der Waals surface area contributed by atoms with Crippen LogP contribution in [0.2, 0.25) is 0 Å². The predicted molar refractivity (Wildman–Crippen MR) is 49.4 cm³/mol. The highest BCUT2D eigenvalue weighted by molar-refractivity contribution is 5.98. The van der Waals surface area contributed by atoms with Gasteiger partial charge in [-0.25, -0.2) is 4.39 Å². The van der Waals surface area contributed by atoms with Gasteiger partial charge in [-0.05, 0) is 12.1 Å². The van der Waals surface area contributed by atoms with Crippen molar-refractivity contribution >= 4 is 12.2 Å². The number of ketones is 1. The second-order valence-electron chi connectivity index (χ2n) is 2.95. The Morgan fingerprint density at radius 2 is 2.29 bits per heavy atom. The summed E-state index contributed by atoms with van der Waals surface area (Å²) in [5, 5.41) is 0. The molecular weight excluding hydrogens is 185 g/mol. The number of hydrogen-bond acceptors (Lipinski definition) is 2. The molecule has 0 saturated heterocycles. The second-order valence-corrected chi connectivity index (χ2v) is 2.95. The third-order valence-electron chi connectivity index (χ3n) is 1.72. The number of halogens is 1. The Morgan fingerprint density at radius 3 is 2.86 bits per heavy atom. The molecule has 4 heteroatoms. The highest BCUT2D eigenvalue weighted by Gasteiger charge is 2.08. The van der Waals surface area contributed by atoms with Crippen LogP contribution in [0, 0.1) is 5.82 Å².